The Morgan fingerprint density at radius 2 is 1.79 bits per heavy atom. The maximum Gasteiger partial charge on any atom is 0.416 e. The fourth-order valence-electron chi connectivity index (χ4n) is 1.31. The molecule has 1 unspecified atom stereocenters. The van der Waals surface area contributed by atoms with Crippen LogP contribution in [0.1, 0.15) is 16.5 Å². The molecule has 104 valence electrons. The van der Waals surface area contributed by atoms with Crippen LogP contribution in [0.2, 0.25) is 10.0 Å². The van der Waals surface area contributed by atoms with Crippen LogP contribution in [0.5, 0.6) is 0 Å². The number of nitrogens with zero attached hydrogens (tertiary/aromatic N) is 1. The van der Waals surface area contributed by atoms with E-state index in [0.717, 1.165) is 0 Å². The number of carbonyl (C=O) groups is 1. The zero-order chi connectivity index (χ0) is 14.8. The van der Waals surface area contributed by atoms with Gasteiger partial charge in [-0.15, -0.1) is 11.6 Å². The van der Waals surface area contributed by atoms with Gasteiger partial charge in [-0.3, -0.25) is 4.79 Å². The molecule has 19 heavy (non-hydrogen) atoms. The van der Waals surface area contributed by atoms with E-state index in [0.29, 0.717) is 12.1 Å². The van der Waals surface area contributed by atoms with E-state index in [1.165, 1.54) is 0 Å². The van der Waals surface area contributed by atoms with Crippen molar-refractivity contribution in [1.29, 1.82) is 5.53 Å². The Labute approximate surface area is 121 Å². The van der Waals surface area contributed by atoms with Gasteiger partial charge in [0.2, 0.25) is 0 Å². The summed E-state index contributed by atoms with van der Waals surface area (Å²) < 4.78 is 37.5. The molecule has 0 saturated carbocycles. The summed E-state index contributed by atoms with van der Waals surface area (Å²) in [5.74, 6) is -0.680. The molecule has 0 amide bonds. The van der Waals surface area contributed by atoms with Crippen LogP contribution in [0, 0.1) is 5.53 Å². The molecule has 0 fully saturated rings. The molecule has 0 heterocycles. The zero-order valence-corrected chi connectivity index (χ0v) is 11.3. The predicted octanol–water partition coefficient (Wildman–Crippen LogP) is 4.89. The summed E-state index contributed by atoms with van der Waals surface area (Å²) in [5, 5.41) is 0.772. The molecule has 1 rings (SSSR count). The van der Waals surface area contributed by atoms with Gasteiger partial charge in [-0.25, -0.2) is 5.53 Å². The van der Waals surface area contributed by atoms with Gasteiger partial charge in [0.1, 0.15) is 11.9 Å². The predicted molar refractivity (Wildman–Crippen MR) is 65.1 cm³/mol. The third-order valence-electron chi connectivity index (χ3n) is 2.18. The van der Waals surface area contributed by atoms with Crippen molar-refractivity contribution < 1.29 is 18.0 Å². The number of nitrogens with one attached hydrogen (secondary N) is 1. The van der Waals surface area contributed by atoms with Gasteiger partial charge in [0.05, 0.1) is 5.56 Å². The third kappa shape index (κ3) is 3.81. The van der Waals surface area contributed by atoms with Crippen molar-refractivity contribution in [3.8, 4) is 0 Å². The number of carbonyl (C=O) groups excluding carboxylic acids is 1. The lowest BCUT2D eigenvalue weighted by Gasteiger charge is -2.14. The van der Waals surface area contributed by atoms with Crippen molar-refractivity contribution in [2.45, 2.75) is 11.6 Å². The van der Waals surface area contributed by atoms with Crippen LogP contribution in [-0.4, -0.2) is 12.3 Å². The lowest BCUT2D eigenvalue weighted by Crippen LogP contribution is -2.12. The SMILES string of the molecule is N=NCC(=O)C(Cl)c1c(Cl)cc(C(F)(F)F)cc1Cl. The summed E-state index contributed by atoms with van der Waals surface area (Å²) >= 11 is 17.1. The zero-order valence-electron chi connectivity index (χ0n) is 9.06. The maximum atomic E-state index is 12.5. The minimum absolute atomic E-state index is 0.119. The van der Waals surface area contributed by atoms with Crippen LogP contribution in [0.25, 0.3) is 0 Å². The minimum Gasteiger partial charge on any atom is -0.295 e. The van der Waals surface area contributed by atoms with Gasteiger partial charge in [-0.2, -0.15) is 18.3 Å². The second-order valence-corrected chi connectivity index (χ2v) is 4.75. The van der Waals surface area contributed by atoms with Crippen molar-refractivity contribution in [1.82, 2.24) is 0 Å². The molecular formula is C10H6Cl3F3N2O. The largest absolute Gasteiger partial charge is 0.416 e. The Hall–Kier alpha value is -0.850. The van der Waals surface area contributed by atoms with Crippen LogP contribution in [-0.2, 0) is 11.0 Å². The molecule has 0 aliphatic heterocycles. The fourth-order valence-corrected chi connectivity index (χ4v) is 2.43. The van der Waals surface area contributed by atoms with Crippen molar-refractivity contribution in [2.75, 3.05) is 6.54 Å². The Kier molecular flexibility index (Phi) is 5.18. The normalized spacial score (nSPS) is 13.2. The molecule has 1 aromatic rings. The van der Waals surface area contributed by atoms with Crippen LogP contribution >= 0.6 is 34.8 Å². The second kappa shape index (κ2) is 6.07. The number of alkyl halides is 4. The summed E-state index contributed by atoms with van der Waals surface area (Å²) in [6.45, 7) is -0.498. The fraction of sp³-hybridized carbons (Fsp3) is 0.300. The first kappa shape index (κ1) is 16.2. The summed E-state index contributed by atoms with van der Waals surface area (Å²) in [6, 6.07) is 1.28. The molecular weight excluding hydrogens is 327 g/mol. The number of rotatable bonds is 4. The average molecular weight is 334 g/mol. The highest BCUT2D eigenvalue weighted by molar-refractivity contribution is 6.40. The van der Waals surface area contributed by atoms with E-state index in [-0.39, 0.29) is 15.6 Å². The van der Waals surface area contributed by atoms with Crippen LogP contribution < -0.4 is 0 Å². The molecule has 3 nitrogen and oxygen atoms in total. The number of halogens is 6. The summed E-state index contributed by atoms with van der Waals surface area (Å²) in [4.78, 5) is 11.4. The number of hydrogen-bond acceptors (Lipinski definition) is 3. The monoisotopic (exact) mass is 332 g/mol. The van der Waals surface area contributed by atoms with Gasteiger partial charge >= 0.3 is 6.18 Å². The first-order valence-corrected chi connectivity index (χ1v) is 5.94. The molecule has 0 bridgehead atoms. The lowest BCUT2D eigenvalue weighted by molar-refractivity contribution is -0.137. The Balaban J connectivity index is 3.24. The summed E-state index contributed by atoms with van der Waals surface area (Å²) in [6.07, 6.45) is -4.60. The van der Waals surface area contributed by atoms with E-state index in [1.807, 2.05) is 0 Å². The van der Waals surface area contributed by atoms with Crippen molar-refractivity contribution >= 4 is 40.6 Å². The Morgan fingerprint density at radius 3 is 2.16 bits per heavy atom. The highest BCUT2D eigenvalue weighted by Gasteiger charge is 2.33. The van der Waals surface area contributed by atoms with Crippen molar-refractivity contribution in [2.24, 2.45) is 5.11 Å². The van der Waals surface area contributed by atoms with E-state index >= 15 is 0 Å². The van der Waals surface area contributed by atoms with Gasteiger partial charge in [0, 0.05) is 15.6 Å². The number of hydrogen-bond donors (Lipinski definition) is 1. The molecule has 1 N–H and O–H groups in total. The molecule has 0 aromatic heterocycles. The van der Waals surface area contributed by atoms with Crippen molar-refractivity contribution in [3.05, 3.63) is 33.3 Å². The van der Waals surface area contributed by atoms with Gasteiger partial charge in [-0.05, 0) is 12.1 Å². The number of benzene rings is 1. The topological polar surface area (TPSA) is 53.3 Å². The van der Waals surface area contributed by atoms with Gasteiger partial charge < -0.3 is 0 Å². The molecule has 1 atom stereocenters. The van der Waals surface area contributed by atoms with E-state index in [4.69, 9.17) is 40.3 Å². The molecule has 0 aliphatic carbocycles. The van der Waals surface area contributed by atoms with Crippen LogP contribution in [0.15, 0.2) is 17.2 Å². The Bertz CT molecular complexity index is 496. The standard InChI is InChI=1S/C10H6Cl3F3N2O/c11-5-1-4(10(14,15)16)2-6(12)8(5)9(13)7(19)3-18-17/h1-2,9,17H,3H2. The van der Waals surface area contributed by atoms with Gasteiger partial charge in [0.25, 0.3) is 0 Å². The molecule has 0 spiro atoms. The smallest absolute Gasteiger partial charge is 0.295 e. The highest BCUT2D eigenvalue weighted by atomic mass is 35.5. The van der Waals surface area contributed by atoms with Gasteiger partial charge in [-0.1, -0.05) is 23.2 Å². The second-order valence-electron chi connectivity index (χ2n) is 3.50. The van der Waals surface area contributed by atoms with E-state index < -0.39 is 29.4 Å². The average Bonchev–Trinajstić information content (AvgIpc) is 2.26. The lowest BCUT2D eigenvalue weighted by atomic mass is 10.1. The minimum atomic E-state index is -4.60. The quantitative estimate of drug-likeness (QED) is 0.619. The van der Waals surface area contributed by atoms with E-state index in [1.54, 1.807) is 0 Å². The molecule has 1 aromatic carbocycles. The number of ketones is 1. The highest BCUT2D eigenvalue weighted by Crippen LogP contribution is 2.40. The van der Waals surface area contributed by atoms with E-state index in [9.17, 15) is 18.0 Å². The van der Waals surface area contributed by atoms with Gasteiger partial charge in [0.15, 0.2) is 5.78 Å². The van der Waals surface area contributed by atoms with Crippen molar-refractivity contribution in [3.63, 3.8) is 0 Å². The Morgan fingerprint density at radius 1 is 1.32 bits per heavy atom. The first-order chi connectivity index (χ1) is 8.68. The molecule has 0 saturated heterocycles. The van der Waals surface area contributed by atoms with Crippen LogP contribution in [0.3, 0.4) is 0 Å². The summed E-state index contributed by atoms with van der Waals surface area (Å²) in [7, 11) is 0. The molecule has 0 radical (unpaired) electrons. The molecule has 0 aliphatic rings. The molecule has 9 heteroatoms. The first-order valence-electron chi connectivity index (χ1n) is 4.74. The van der Waals surface area contributed by atoms with E-state index in [2.05, 4.69) is 5.11 Å². The summed E-state index contributed by atoms with van der Waals surface area (Å²) in [5.41, 5.74) is 5.39. The van der Waals surface area contributed by atoms with Crippen LogP contribution in [0.4, 0.5) is 13.2 Å². The third-order valence-corrected chi connectivity index (χ3v) is 3.26. The maximum absolute atomic E-state index is 12.5. The number of Topliss-reactive ketones (excluding diaryl/α,β-unsaturated/α-hetero) is 1.